The van der Waals surface area contributed by atoms with E-state index in [4.69, 9.17) is 0 Å². The second-order valence-electron chi connectivity index (χ2n) is 6.14. The van der Waals surface area contributed by atoms with Crippen LogP contribution in [-0.4, -0.2) is 44.6 Å². The molecule has 1 aliphatic rings. The Labute approximate surface area is 132 Å². The van der Waals surface area contributed by atoms with Gasteiger partial charge in [-0.1, -0.05) is 12.1 Å². The van der Waals surface area contributed by atoms with Crippen molar-refractivity contribution in [2.45, 2.75) is 26.3 Å². The van der Waals surface area contributed by atoms with Crippen molar-refractivity contribution in [2.75, 3.05) is 33.7 Å². The van der Waals surface area contributed by atoms with Crippen molar-refractivity contribution in [3.8, 4) is 0 Å². The molecule has 1 saturated heterocycles. The van der Waals surface area contributed by atoms with Gasteiger partial charge in [-0.25, -0.2) is 4.39 Å². The third-order valence-electron chi connectivity index (χ3n) is 4.30. The highest BCUT2D eigenvalue weighted by Crippen LogP contribution is 2.14. The fourth-order valence-electron chi connectivity index (χ4n) is 2.73. The molecule has 1 aromatic rings. The minimum absolute atomic E-state index is 0.159. The lowest BCUT2D eigenvalue weighted by molar-refractivity contribution is 0.220. The van der Waals surface area contributed by atoms with Gasteiger partial charge in [0.05, 0.1) is 0 Å². The average molecular weight is 306 g/mol. The zero-order valence-electron chi connectivity index (χ0n) is 13.8. The van der Waals surface area contributed by atoms with Gasteiger partial charge >= 0.3 is 0 Å². The van der Waals surface area contributed by atoms with Gasteiger partial charge in [0, 0.05) is 20.1 Å². The first-order valence-corrected chi connectivity index (χ1v) is 7.96. The van der Waals surface area contributed by atoms with Gasteiger partial charge in [-0.2, -0.15) is 0 Å². The van der Waals surface area contributed by atoms with E-state index in [0.717, 1.165) is 18.1 Å². The Morgan fingerprint density at radius 3 is 2.68 bits per heavy atom. The highest BCUT2D eigenvalue weighted by atomic mass is 19.1. The highest BCUT2D eigenvalue weighted by molar-refractivity contribution is 5.79. The monoisotopic (exact) mass is 306 g/mol. The Morgan fingerprint density at radius 2 is 2.05 bits per heavy atom. The summed E-state index contributed by atoms with van der Waals surface area (Å²) in [6.07, 6.45) is 2.47. The van der Waals surface area contributed by atoms with Crippen LogP contribution in [0.15, 0.2) is 23.2 Å². The molecular formula is C17H27FN4. The molecule has 0 amide bonds. The van der Waals surface area contributed by atoms with Crippen LogP contribution in [0.5, 0.6) is 0 Å². The minimum Gasteiger partial charge on any atom is -0.356 e. The number of nitrogens with one attached hydrogen (secondary N) is 2. The number of halogens is 1. The number of rotatable bonds is 4. The fraction of sp³-hybridized carbons (Fsp3) is 0.588. The molecular weight excluding hydrogens is 279 g/mol. The maximum Gasteiger partial charge on any atom is 0.191 e. The van der Waals surface area contributed by atoms with Crippen molar-refractivity contribution in [2.24, 2.45) is 10.9 Å². The zero-order chi connectivity index (χ0) is 15.9. The Bertz CT molecular complexity index is 507. The molecule has 0 aromatic heterocycles. The summed E-state index contributed by atoms with van der Waals surface area (Å²) in [5.41, 5.74) is 1.73. The predicted octanol–water partition coefficient (Wildman–Crippen LogP) is 2.14. The smallest absolute Gasteiger partial charge is 0.191 e. The maximum atomic E-state index is 13.3. The molecule has 2 N–H and O–H groups in total. The lowest BCUT2D eigenvalue weighted by Crippen LogP contribution is -2.42. The summed E-state index contributed by atoms with van der Waals surface area (Å²) >= 11 is 0. The third-order valence-corrected chi connectivity index (χ3v) is 4.30. The first-order chi connectivity index (χ1) is 10.6. The van der Waals surface area contributed by atoms with Crippen molar-refractivity contribution in [1.82, 2.24) is 15.5 Å². The van der Waals surface area contributed by atoms with Crippen molar-refractivity contribution in [1.29, 1.82) is 0 Å². The average Bonchev–Trinajstić information content (AvgIpc) is 2.52. The molecule has 122 valence electrons. The van der Waals surface area contributed by atoms with E-state index in [1.54, 1.807) is 20.0 Å². The van der Waals surface area contributed by atoms with Crippen LogP contribution < -0.4 is 10.6 Å². The zero-order valence-corrected chi connectivity index (χ0v) is 13.8. The van der Waals surface area contributed by atoms with Crippen LogP contribution in [0, 0.1) is 18.7 Å². The number of guanidine groups is 1. The van der Waals surface area contributed by atoms with Crippen molar-refractivity contribution < 1.29 is 4.39 Å². The van der Waals surface area contributed by atoms with Crippen molar-refractivity contribution in [3.05, 3.63) is 35.1 Å². The van der Waals surface area contributed by atoms with Gasteiger partial charge in [0.25, 0.3) is 0 Å². The van der Waals surface area contributed by atoms with E-state index in [1.165, 1.54) is 32.0 Å². The van der Waals surface area contributed by atoms with Crippen LogP contribution in [0.4, 0.5) is 4.39 Å². The second kappa shape index (κ2) is 8.13. The summed E-state index contributed by atoms with van der Waals surface area (Å²) in [7, 11) is 3.95. The summed E-state index contributed by atoms with van der Waals surface area (Å²) in [6.45, 7) is 5.73. The maximum absolute atomic E-state index is 13.3. The van der Waals surface area contributed by atoms with Gasteiger partial charge in [-0.3, -0.25) is 4.99 Å². The molecule has 1 aromatic carbocycles. The first kappa shape index (κ1) is 16.7. The number of likely N-dealkylation sites (tertiary alicyclic amines) is 1. The molecule has 2 rings (SSSR count). The lowest BCUT2D eigenvalue weighted by Gasteiger charge is -2.29. The summed E-state index contributed by atoms with van der Waals surface area (Å²) in [6, 6.07) is 5.19. The molecule has 0 unspecified atom stereocenters. The van der Waals surface area contributed by atoms with Crippen LogP contribution in [-0.2, 0) is 6.54 Å². The molecule has 1 aliphatic heterocycles. The topological polar surface area (TPSA) is 39.7 Å². The Balaban J connectivity index is 1.76. The quantitative estimate of drug-likeness (QED) is 0.661. The molecule has 22 heavy (non-hydrogen) atoms. The van der Waals surface area contributed by atoms with Gasteiger partial charge in [-0.05, 0) is 63.0 Å². The van der Waals surface area contributed by atoms with E-state index < -0.39 is 0 Å². The molecule has 5 heteroatoms. The van der Waals surface area contributed by atoms with E-state index in [2.05, 4.69) is 27.6 Å². The second-order valence-corrected chi connectivity index (χ2v) is 6.14. The van der Waals surface area contributed by atoms with Crippen molar-refractivity contribution >= 4 is 5.96 Å². The molecule has 0 spiro atoms. The van der Waals surface area contributed by atoms with Gasteiger partial charge in [-0.15, -0.1) is 0 Å². The standard InChI is InChI=1S/C17H27FN4/c1-13-10-15(4-5-16(13)18)12-21-17(19-2)20-11-14-6-8-22(3)9-7-14/h4-5,10,14H,6-9,11-12H2,1-3H3,(H2,19,20,21). The van der Waals surface area contributed by atoms with Gasteiger partial charge in [0.1, 0.15) is 5.82 Å². The van der Waals surface area contributed by atoms with E-state index in [1.807, 2.05) is 6.07 Å². The summed E-state index contributed by atoms with van der Waals surface area (Å²) < 4.78 is 13.3. The van der Waals surface area contributed by atoms with Crippen molar-refractivity contribution in [3.63, 3.8) is 0 Å². The van der Waals surface area contributed by atoms with Gasteiger partial charge in [0.15, 0.2) is 5.96 Å². The molecule has 0 bridgehead atoms. The number of piperidine rings is 1. The normalized spacial score (nSPS) is 17.5. The third kappa shape index (κ3) is 4.98. The number of benzene rings is 1. The molecule has 0 atom stereocenters. The Morgan fingerprint density at radius 1 is 1.32 bits per heavy atom. The Kier molecular flexibility index (Phi) is 6.19. The number of hydrogen-bond acceptors (Lipinski definition) is 2. The number of aliphatic imine (C=N–C) groups is 1. The molecule has 4 nitrogen and oxygen atoms in total. The number of aryl methyl sites for hydroxylation is 1. The number of hydrogen-bond donors (Lipinski definition) is 2. The van der Waals surface area contributed by atoms with E-state index in [0.29, 0.717) is 18.0 Å². The van der Waals surface area contributed by atoms with Crippen LogP contribution in [0.25, 0.3) is 0 Å². The molecule has 0 aliphatic carbocycles. The molecule has 0 radical (unpaired) electrons. The van der Waals surface area contributed by atoms with Crippen LogP contribution in [0.2, 0.25) is 0 Å². The lowest BCUT2D eigenvalue weighted by atomic mass is 9.97. The highest BCUT2D eigenvalue weighted by Gasteiger charge is 2.16. The first-order valence-electron chi connectivity index (χ1n) is 7.96. The van der Waals surface area contributed by atoms with Crippen LogP contribution in [0.1, 0.15) is 24.0 Å². The SMILES string of the molecule is CN=C(NCc1ccc(F)c(C)c1)NCC1CCN(C)CC1. The van der Waals surface area contributed by atoms with Gasteiger partial charge in [0.2, 0.25) is 0 Å². The van der Waals surface area contributed by atoms with E-state index in [-0.39, 0.29) is 5.82 Å². The van der Waals surface area contributed by atoms with Crippen LogP contribution >= 0.6 is 0 Å². The predicted molar refractivity (Wildman–Crippen MR) is 89.6 cm³/mol. The van der Waals surface area contributed by atoms with Gasteiger partial charge < -0.3 is 15.5 Å². The van der Waals surface area contributed by atoms with E-state index in [9.17, 15) is 4.39 Å². The Hall–Kier alpha value is -1.62. The molecule has 0 saturated carbocycles. The van der Waals surface area contributed by atoms with Crippen LogP contribution in [0.3, 0.4) is 0 Å². The largest absolute Gasteiger partial charge is 0.356 e. The molecule has 1 fully saturated rings. The summed E-state index contributed by atoms with van der Waals surface area (Å²) in [5, 5.41) is 6.68. The summed E-state index contributed by atoms with van der Waals surface area (Å²) in [4.78, 5) is 6.63. The summed E-state index contributed by atoms with van der Waals surface area (Å²) in [5.74, 6) is 1.36. The van der Waals surface area contributed by atoms with E-state index >= 15 is 0 Å². The minimum atomic E-state index is -0.159. The molecule has 1 heterocycles. The number of nitrogens with zero attached hydrogens (tertiary/aromatic N) is 2. The fourth-order valence-corrected chi connectivity index (χ4v) is 2.73.